The summed E-state index contributed by atoms with van der Waals surface area (Å²) in [5.41, 5.74) is 3.51. The van der Waals surface area contributed by atoms with Gasteiger partial charge < -0.3 is 15.2 Å². The monoisotopic (exact) mass is 317 g/mol. The highest BCUT2D eigenvalue weighted by molar-refractivity contribution is 7.89. The highest BCUT2D eigenvalue weighted by Gasteiger charge is 2.34. The summed E-state index contributed by atoms with van der Waals surface area (Å²) in [7, 11) is -1.54. The molecule has 0 spiro atoms. The van der Waals surface area contributed by atoms with Gasteiger partial charge in [0.1, 0.15) is 0 Å². The van der Waals surface area contributed by atoms with E-state index in [2.05, 4.69) is 4.72 Å². The average Bonchev–Trinajstić information content (AvgIpc) is 2.34. The number of nitrogens with zero attached hydrogens (tertiary/aromatic N) is 3. The number of rotatable bonds is 3. The second-order valence-electron chi connectivity index (χ2n) is 4.81. The number of nitrogens with one attached hydrogen (secondary N) is 1. The van der Waals surface area contributed by atoms with Gasteiger partial charge in [-0.15, -0.1) is 0 Å². The maximum absolute atomic E-state index is 12.2. The number of nitrogens with two attached hydrogens (primary N) is 1. The van der Waals surface area contributed by atoms with Crippen molar-refractivity contribution in [1.29, 1.82) is 0 Å². The molecule has 1 aromatic rings. The van der Waals surface area contributed by atoms with Crippen LogP contribution in [0, 0.1) is 0 Å². The molecule has 1 aliphatic heterocycles. The maximum Gasteiger partial charge on any atom is 0.330 e. The molecule has 0 aromatic carbocycles. The van der Waals surface area contributed by atoms with Crippen molar-refractivity contribution >= 4 is 16.1 Å². The second kappa shape index (κ2) is 5.00. The van der Waals surface area contributed by atoms with Gasteiger partial charge in [-0.2, -0.15) is 0 Å². The number of urea groups is 1. The number of primary amides is 1. The van der Waals surface area contributed by atoms with Gasteiger partial charge in [-0.3, -0.25) is 9.36 Å². The molecule has 0 bridgehead atoms. The van der Waals surface area contributed by atoms with Crippen molar-refractivity contribution in [2.75, 3.05) is 13.1 Å². The Kier molecular flexibility index (Phi) is 3.63. The molecule has 116 valence electrons. The van der Waals surface area contributed by atoms with Crippen LogP contribution in [0.1, 0.15) is 0 Å². The van der Waals surface area contributed by atoms with Gasteiger partial charge in [0.15, 0.2) is 4.90 Å². The summed E-state index contributed by atoms with van der Waals surface area (Å²) in [6.07, 6.45) is 0.970. The molecule has 3 N–H and O–H groups in total. The highest BCUT2D eigenvalue weighted by atomic mass is 32.2. The third-order valence-corrected chi connectivity index (χ3v) is 4.72. The summed E-state index contributed by atoms with van der Waals surface area (Å²) in [4.78, 5) is 35.0. The number of carbonyl (C=O) groups excluding carboxylic acids is 1. The van der Waals surface area contributed by atoms with Crippen LogP contribution in [0.2, 0.25) is 0 Å². The van der Waals surface area contributed by atoms with Crippen molar-refractivity contribution in [2.24, 2.45) is 19.8 Å². The summed E-state index contributed by atoms with van der Waals surface area (Å²) < 4.78 is 28.4. The van der Waals surface area contributed by atoms with Crippen molar-refractivity contribution in [1.82, 2.24) is 18.8 Å². The molecule has 2 amide bonds. The number of hydrogen-bond acceptors (Lipinski definition) is 5. The predicted molar refractivity (Wildman–Crippen MR) is 72.2 cm³/mol. The Labute approximate surface area is 119 Å². The number of hydrogen-bond donors (Lipinski definition) is 2. The smallest absolute Gasteiger partial charge is 0.330 e. The average molecular weight is 317 g/mol. The number of likely N-dealkylation sites (tertiary alicyclic amines) is 1. The summed E-state index contributed by atoms with van der Waals surface area (Å²) in [6.45, 7) is 0.279. The Hall–Kier alpha value is -2.14. The van der Waals surface area contributed by atoms with Crippen LogP contribution < -0.4 is 21.7 Å². The van der Waals surface area contributed by atoms with Crippen molar-refractivity contribution in [3.63, 3.8) is 0 Å². The number of sulfonamides is 1. The molecule has 0 aliphatic carbocycles. The minimum atomic E-state index is -4.08. The van der Waals surface area contributed by atoms with Crippen molar-refractivity contribution < 1.29 is 13.2 Å². The third kappa shape index (κ3) is 2.69. The normalized spacial score (nSPS) is 15.8. The van der Waals surface area contributed by atoms with E-state index in [9.17, 15) is 22.8 Å². The van der Waals surface area contributed by atoms with Gasteiger partial charge >= 0.3 is 11.7 Å². The standard InChI is InChI=1S/C10H15N5O5S/c1-13-5-7(8(16)14(2)10(13)18)21(19,20)12-6-3-15(4-6)9(11)17/h5-6,12H,3-4H2,1-2H3,(H2,11,17). The predicted octanol–water partition coefficient (Wildman–Crippen LogP) is -2.87. The van der Waals surface area contributed by atoms with E-state index in [1.165, 1.54) is 19.0 Å². The lowest BCUT2D eigenvalue weighted by atomic mass is 10.1. The topological polar surface area (TPSA) is 136 Å². The Morgan fingerprint density at radius 3 is 2.43 bits per heavy atom. The Morgan fingerprint density at radius 2 is 1.90 bits per heavy atom. The van der Waals surface area contributed by atoms with Crippen molar-refractivity contribution in [3.05, 3.63) is 27.0 Å². The highest BCUT2D eigenvalue weighted by Crippen LogP contribution is 2.10. The molecular weight excluding hydrogens is 302 g/mol. The van der Waals surface area contributed by atoms with E-state index in [1.54, 1.807) is 0 Å². The molecule has 2 heterocycles. The molecule has 2 rings (SSSR count). The first kappa shape index (κ1) is 15.3. The van der Waals surface area contributed by atoms with Crippen LogP contribution in [-0.2, 0) is 24.1 Å². The summed E-state index contributed by atoms with van der Waals surface area (Å²) in [6, 6.07) is -1.15. The second-order valence-corrected chi connectivity index (χ2v) is 6.49. The minimum Gasteiger partial charge on any atom is -0.351 e. The maximum atomic E-state index is 12.2. The Balaban J connectivity index is 2.28. The number of aromatic nitrogens is 2. The first-order valence-corrected chi connectivity index (χ1v) is 7.45. The molecule has 11 heteroatoms. The zero-order valence-corrected chi connectivity index (χ0v) is 12.3. The fourth-order valence-corrected chi connectivity index (χ4v) is 3.35. The Morgan fingerprint density at radius 1 is 1.33 bits per heavy atom. The molecule has 1 fully saturated rings. The minimum absolute atomic E-state index is 0.140. The van der Waals surface area contributed by atoms with E-state index in [0.29, 0.717) is 4.57 Å². The van der Waals surface area contributed by atoms with Crippen LogP contribution in [0.15, 0.2) is 20.7 Å². The van der Waals surface area contributed by atoms with Crippen LogP contribution in [0.25, 0.3) is 0 Å². The molecule has 0 unspecified atom stereocenters. The van der Waals surface area contributed by atoms with Gasteiger partial charge in [0.05, 0.1) is 6.04 Å². The lowest BCUT2D eigenvalue weighted by Crippen LogP contribution is -2.62. The third-order valence-electron chi connectivity index (χ3n) is 3.22. The molecular formula is C10H15N5O5S. The van der Waals surface area contributed by atoms with E-state index in [0.717, 1.165) is 10.8 Å². The van der Waals surface area contributed by atoms with E-state index in [4.69, 9.17) is 5.73 Å². The molecule has 0 atom stereocenters. The summed E-state index contributed by atoms with van der Waals surface area (Å²) in [5.74, 6) is 0. The molecule has 0 radical (unpaired) electrons. The lowest BCUT2D eigenvalue weighted by Gasteiger charge is -2.37. The van der Waals surface area contributed by atoms with Gasteiger partial charge in [-0.05, 0) is 0 Å². The van der Waals surface area contributed by atoms with E-state index < -0.39 is 38.2 Å². The SMILES string of the molecule is Cn1cc(S(=O)(=O)NC2CN(C(N)=O)C2)c(=O)n(C)c1=O. The zero-order chi connectivity index (χ0) is 15.9. The van der Waals surface area contributed by atoms with E-state index in [1.807, 2.05) is 0 Å². The first-order chi connectivity index (χ1) is 9.63. The van der Waals surface area contributed by atoms with Crippen molar-refractivity contribution in [2.45, 2.75) is 10.9 Å². The van der Waals surface area contributed by atoms with Gasteiger partial charge in [-0.1, -0.05) is 0 Å². The van der Waals surface area contributed by atoms with Crippen LogP contribution in [-0.4, -0.2) is 47.6 Å². The number of carbonyl (C=O) groups is 1. The van der Waals surface area contributed by atoms with Crippen LogP contribution in [0.4, 0.5) is 4.79 Å². The largest absolute Gasteiger partial charge is 0.351 e. The molecule has 0 saturated carbocycles. The van der Waals surface area contributed by atoms with Gasteiger partial charge in [0.2, 0.25) is 10.0 Å². The zero-order valence-electron chi connectivity index (χ0n) is 11.4. The molecule has 1 aliphatic rings. The van der Waals surface area contributed by atoms with Crippen molar-refractivity contribution in [3.8, 4) is 0 Å². The molecule has 10 nitrogen and oxygen atoms in total. The quantitative estimate of drug-likeness (QED) is 0.617. The molecule has 21 heavy (non-hydrogen) atoms. The molecule has 1 aromatic heterocycles. The number of amides is 2. The van der Waals surface area contributed by atoms with Gasteiger partial charge in [0.25, 0.3) is 5.56 Å². The summed E-state index contributed by atoms with van der Waals surface area (Å²) in [5, 5.41) is 0. The molecule has 1 saturated heterocycles. The van der Waals surface area contributed by atoms with Crippen LogP contribution in [0.5, 0.6) is 0 Å². The van der Waals surface area contributed by atoms with Gasteiger partial charge in [-0.25, -0.2) is 22.7 Å². The van der Waals surface area contributed by atoms with E-state index >= 15 is 0 Å². The fraction of sp³-hybridized carbons (Fsp3) is 0.500. The van der Waals surface area contributed by atoms with E-state index in [-0.39, 0.29) is 13.1 Å². The summed E-state index contributed by atoms with van der Waals surface area (Å²) >= 11 is 0. The Bertz CT molecular complexity index is 802. The number of aryl methyl sites for hydroxylation is 1. The fourth-order valence-electron chi connectivity index (χ4n) is 1.98. The lowest BCUT2D eigenvalue weighted by molar-refractivity contribution is 0.155. The van der Waals surface area contributed by atoms with Gasteiger partial charge in [0, 0.05) is 33.4 Å². The van der Waals surface area contributed by atoms with Crippen LogP contribution in [0.3, 0.4) is 0 Å². The first-order valence-electron chi connectivity index (χ1n) is 5.97. The van der Waals surface area contributed by atoms with Crippen LogP contribution >= 0.6 is 0 Å².